The number of rotatable bonds is 9. The Kier molecular flexibility index (Phi) is 6.38. The van der Waals surface area contributed by atoms with Crippen LogP contribution >= 0.6 is 0 Å². The summed E-state index contributed by atoms with van der Waals surface area (Å²) >= 11 is 0. The summed E-state index contributed by atoms with van der Waals surface area (Å²) < 4.78 is 26.6. The summed E-state index contributed by atoms with van der Waals surface area (Å²) in [6.07, 6.45) is -1.09. The Labute approximate surface area is 163 Å². The highest BCUT2D eigenvalue weighted by atomic mass is 16.6. The summed E-state index contributed by atoms with van der Waals surface area (Å²) in [4.78, 5) is 12.3. The third-order valence-electron chi connectivity index (χ3n) is 4.58. The van der Waals surface area contributed by atoms with E-state index in [-0.39, 0.29) is 0 Å². The molecule has 1 aliphatic rings. The predicted octanol–water partition coefficient (Wildman–Crippen LogP) is 3.06. The summed E-state index contributed by atoms with van der Waals surface area (Å²) in [6.45, 7) is 1.18. The van der Waals surface area contributed by atoms with Gasteiger partial charge < -0.3 is 28.8 Å². The molecule has 2 atom stereocenters. The van der Waals surface area contributed by atoms with Crippen molar-refractivity contribution >= 4 is 5.97 Å². The van der Waals surface area contributed by atoms with Crippen LogP contribution in [0.4, 0.5) is 0 Å². The normalized spacial score (nSPS) is 16.3. The molecule has 0 aromatic heterocycles. The summed E-state index contributed by atoms with van der Waals surface area (Å²) in [7, 11) is 4.64. The fraction of sp³-hybridized carbons (Fsp3) is 0.381. The first-order chi connectivity index (χ1) is 13.6. The van der Waals surface area contributed by atoms with Gasteiger partial charge in [0.05, 0.1) is 20.8 Å². The molecule has 0 radical (unpaired) electrons. The van der Waals surface area contributed by atoms with Crippen molar-refractivity contribution in [3.8, 4) is 17.2 Å². The van der Waals surface area contributed by atoms with Gasteiger partial charge in [-0.2, -0.15) is 0 Å². The van der Waals surface area contributed by atoms with E-state index in [2.05, 4.69) is 0 Å². The Bertz CT molecular complexity index is 816. The summed E-state index contributed by atoms with van der Waals surface area (Å²) in [5.41, 5.74) is 1.45. The molecule has 2 aromatic carbocycles. The zero-order chi connectivity index (χ0) is 20.1. The van der Waals surface area contributed by atoms with Crippen molar-refractivity contribution in [2.45, 2.75) is 18.6 Å². The van der Waals surface area contributed by atoms with Crippen molar-refractivity contribution in [2.75, 3.05) is 34.5 Å². The third kappa shape index (κ3) is 4.05. The number of hydrogen-bond acceptors (Lipinski definition) is 7. The quantitative estimate of drug-likeness (QED) is 0.522. The molecule has 150 valence electrons. The summed E-state index contributed by atoms with van der Waals surface area (Å²) in [5, 5.41) is 10.8. The van der Waals surface area contributed by atoms with Crippen LogP contribution in [-0.4, -0.2) is 45.6 Å². The molecule has 0 amide bonds. The van der Waals surface area contributed by atoms with Gasteiger partial charge in [0, 0.05) is 31.8 Å². The second-order valence-corrected chi connectivity index (χ2v) is 6.33. The molecule has 0 saturated heterocycles. The number of methoxy groups -OCH3 is 3. The second-order valence-electron chi connectivity index (χ2n) is 6.33. The molecule has 1 aliphatic heterocycles. The molecule has 2 unspecified atom stereocenters. The van der Waals surface area contributed by atoms with Gasteiger partial charge in [-0.1, -0.05) is 12.1 Å². The highest BCUT2D eigenvalue weighted by molar-refractivity contribution is 5.97. The number of benzene rings is 2. The SMILES string of the molecule is COCCCOc1ccc(C(O)C2OC(=O)c3c(OC)cc(OC)cc32)cc1. The average molecular weight is 388 g/mol. The van der Waals surface area contributed by atoms with Gasteiger partial charge in [-0.15, -0.1) is 0 Å². The van der Waals surface area contributed by atoms with E-state index >= 15 is 0 Å². The van der Waals surface area contributed by atoms with E-state index in [0.717, 1.165) is 6.42 Å². The zero-order valence-electron chi connectivity index (χ0n) is 16.1. The zero-order valence-corrected chi connectivity index (χ0v) is 16.1. The smallest absolute Gasteiger partial charge is 0.343 e. The van der Waals surface area contributed by atoms with Crippen LogP contribution in [-0.2, 0) is 9.47 Å². The fourth-order valence-corrected chi connectivity index (χ4v) is 3.13. The Morgan fingerprint density at radius 1 is 1.04 bits per heavy atom. The lowest BCUT2D eigenvalue weighted by Crippen LogP contribution is -2.11. The molecule has 0 fully saturated rings. The molecule has 7 heteroatoms. The number of ether oxygens (including phenoxy) is 5. The summed E-state index contributed by atoms with van der Waals surface area (Å²) in [6, 6.07) is 10.3. The number of aliphatic hydroxyl groups excluding tert-OH is 1. The van der Waals surface area contributed by atoms with Crippen LogP contribution in [0.15, 0.2) is 36.4 Å². The first-order valence-electron chi connectivity index (χ1n) is 8.95. The van der Waals surface area contributed by atoms with E-state index in [1.165, 1.54) is 14.2 Å². The van der Waals surface area contributed by atoms with Gasteiger partial charge >= 0.3 is 5.97 Å². The molecular formula is C21H24O7. The number of cyclic esters (lactones) is 1. The fourth-order valence-electron chi connectivity index (χ4n) is 3.13. The monoisotopic (exact) mass is 388 g/mol. The maximum atomic E-state index is 12.3. The molecule has 0 aliphatic carbocycles. The van der Waals surface area contributed by atoms with Crippen LogP contribution in [0.5, 0.6) is 17.2 Å². The standard InChI is InChI=1S/C21H24O7/c1-24-9-4-10-27-14-7-5-13(6-8-14)19(22)20-16-11-15(25-2)12-17(26-3)18(16)21(23)28-20/h5-8,11-12,19-20,22H,4,9-10H2,1-3H3. The van der Waals surface area contributed by atoms with Crippen molar-refractivity contribution in [2.24, 2.45) is 0 Å². The van der Waals surface area contributed by atoms with Crippen LogP contribution in [0, 0.1) is 0 Å². The third-order valence-corrected chi connectivity index (χ3v) is 4.58. The van der Waals surface area contributed by atoms with Gasteiger partial charge in [-0.3, -0.25) is 0 Å². The largest absolute Gasteiger partial charge is 0.497 e. The molecule has 3 rings (SSSR count). The Morgan fingerprint density at radius 3 is 2.43 bits per heavy atom. The van der Waals surface area contributed by atoms with E-state index in [4.69, 9.17) is 23.7 Å². The number of aliphatic hydroxyl groups is 1. The Morgan fingerprint density at radius 2 is 1.79 bits per heavy atom. The summed E-state index contributed by atoms with van der Waals surface area (Å²) in [5.74, 6) is 1.04. The van der Waals surface area contributed by atoms with Gasteiger partial charge in [0.15, 0.2) is 6.10 Å². The minimum absolute atomic E-state index is 0.311. The van der Waals surface area contributed by atoms with Crippen molar-refractivity contribution in [3.63, 3.8) is 0 Å². The molecule has 0 saturated carbocycles. The van der Waals surface area contributed by atoms with Gasteiger partial charge in [0.1, 0.15) is 28.9 Å². The van der Waals surface area contributed by atoms with Crippen LogP contribution in [0.1, 0.15) is 40.1 Å². The molecule has 0 spiro atoms. The van der Waals surface area contributed by atoms with Crippen molar-refractivity contribution in [1.29, 1.82) is 0 Å². The minimum Gasteiger partial charge on any atom is -0.497 e. The van der Waals surface area contributed by atoms with E-state index in [0.29, 0.717) is 47.2 Å². The highest BCUT2D eigenvalue weighted by Crippen LogP contribution is 2.45. The van der Waals surface area contributed by atoms with Crippen molar-refractivity contribution < 1.29 is 33.6 Å². The lowest BCUT2D eigenvalue weighted by molar-refractivity contribution is -0.0103. The van der Waals surface area contributed by atoms with Crippen LogP contribution in [0.25, 0.3) is 0 Å². The van der Waals surface area contributed by atoms with E-state index in [1.807, 2.05) is 0 Å². The minimum atomic E-state index is -1.04. The number of esters is 1. The van der Waals surface area contributed by atoms with E-state index in [1.54, 1.807) is 43.5 Å². The van der Waals surface area contributed by atoms with E-state index in [9.17, 15) is 9.90 Å². The Balaban J connectivity index is 1.79. The molecule has 7 nitrogen and oxygen atoms in total. The molecular weight excluding hydrogens is 364 g/mol. The van der Waals surface area contributed by atoms with E-state index < -0.39 is 18.2 Å². The average Bonchev–Trinajstić information content (AvgIpc) is 3.07. The van der Waals surface area contributed by atoms with Gasteiger partial charge in [-0.05, 0) is 23.8 Å². The Hall–Kier alpha value is -2.77. The maximum absolute atomic E-state index is 12.3. The number of hydrogen-bond donors (Lipinski definition) is 1. The first-order valence-corrected chi connectivity index (χ1v) is 8.95. The van der Waals surface area contributed by atoms with Crippen LogP contribution < -0.4 is 14.2 Å². The number of carbonyl (C=O) groups is 1. The van der Waals surface area contributed by atoms with Crippen LogP contribution in [0.3, 0.4) is 0 Å². The maximum Gasteiger partial charge on any atom is 0.343 e. The molecule has 28 heavy (non-hydrogen) atoms. The topological polar surface area (TPSA) is 83.5 Å². The number of fused-ring (bicyclic) bond motifs is 1. The molecule has 1 N–H and O–H groups in total. The van der Waals surface area contributed by atoms with Crippen molar-refractivity contribution in [3.05, 3.63) is 53.1 Å². The second kappa shape index (κ2) is 8.95. The number of carbonyl (C=O) groups excluding carboxylic acids is 1. The predicted molar refractivity (Wildman–Crippen MR) is 101 cm³/mol. The first kappa shape index (κ1) is 20.0. The van der Waals surface area contributed by atoms with Crippen LogP contribution in [0.2, 0.25) is 0 Å². The molecule has 2 aromatic rings. The van der Waals surface area contributed by atoms with Crippen molar-refractivity contribution in [1.82, 2.24) is 0 Å². The van der Waals surface area contributed by atoms with Gasteiger partial charge in [0.2, 0.25) is 0 Å². The molecule has 1 heterocycles. The lowest BCUT2D eigenvalue weighted by Gasteiger charge is -2.19. The van der Waals surface area contributed by atoms with Gasteiger partial charge in [0.25, 0.3) is 0 Å². The molecule has 0 bridgehead atoms. The van der Waals surface area contributed by atoms with Gasteiger partial charge in [-0.25, -0.2) is 4.79 Å². The lowest BCUT2D eigenvalue weighted by atomic mass is 9.96. The highest BCUT2D eigenvalue weighted by Gasteiger charge is 2.39.